The molecule has 0 radical (unpaired) electrons. The van der Waals surface area contributed by atoms with Gasteiger partial charge in [0.1, 0.15) is 18.5 Å². The number of likely N-dealkylation sites (tertiary alicyclic amines) is 1. The molecule has 6 rings (SSSR count). The third-order valence-electron chi connectivity index (χ3n) is 10.6. The summed E-state index contributed by atoms with van der Waals surface area (Å²) < 4.78 is 19.7. The highest BCUT2D eigenvalue weighted by molar-refractivity contribution is 6.30. The topological polar surface area (TPSA) is 202 Å². The summed E-state index contributed by atoms with van der Waals surface area (Å²) in [6.07, 6.45) is 8.57. The number of aromatic hydroxyl groups is 2. The number of hydrogen-bond donors (Lipinski definition) is 5. The number of phenolic OH excluding ortho intramolecular Hbond substituents is 2. The van der Waals surface area contributed by atoms with Crippen LogP contribution in [0.25, 0.3) is 11.4 Å². The second-order valence-corrected chi connectivity index (χ2v) is 15.0. The molecule has 16 nitrogen and oxygen atoms in total. The average Bonchev–Trinajstić information content (AvgIpc) is 3.98. The van der Waals surface area contributed by atoms with Crippen molar-refractivity contribution in [3.63, 3.8) is 0 Å². The van der Waals surface area contributed by atoms with Crippen molar-refractivity contribution in [2.24, 2.45) is 0 Å². The fourth-order valence-electron chi connectivity index (χ4n) is 7.58. The Labute approximate surface area is 337 Å². The molecule has 2 fully saturated rings. The molecule has 0 unspecified atom stereocenters. The largest absolute Gasteiger partial charge is 0.504 e. The number of ether oxygens (including phenoxy) is 3. The second-order valence-electron chi connectivity index (χ2n) is 14.6. The number of hydrogen-bond acceptors (Lipinski definition) is 12. The van der Waals surface area contributed by atoms with Crippen LogP contribution in [0, 0.1) is 0 Å². The summed E-state index contributed by atoms with van der Waals surface area (Å²) in [4.78, 5) is 32.3. The predicted octanol–water partition coefficient (Wildman–Crippen LogP) is 5.90. The van der Waals surface area contributed by atoms with Crippen molar-refractivity contribution in [3.05, 3.63) is 70.3 Å². The standard InChI is InChI=1S/C40H54ClN9O7/c1-2-3-14-36-44-37(41)32(50(36)24-28-10-4-5-11-30(28)38-45-47-48-46-38)26-56-39(53)42-19-8-9-20-43-40(54)57-29-17-21-49(25-29)31-12-6-7-13-35(31)55-22-18-27-15-16-33(51)34(52)23-27/h4-5,10-11,15-16,23,29,31,35,51-52H,2-3,6-9,12-14,17-22,24-26H2,1H3,(H,42,53)(H,43,54)(H,45,46,47,48)/t29-,31-,35-/m1/s1. The van der Waals surface area contributed by atoms with Crippen LogP contribution < -0.4 is 10.6 Å². The minimum atomic E-state index is -0.567. The van der Waals surface area contributed by atoms with E-state index in [1.165, 1.54) is 6.07 Å². The lowest BCUT2D eigenvalue weighted by molar-refractivity contribution is -0.0319. The first kappa shape index (κ1) is 41.7. The van der Waals surface area contributed by atoms with Crippen LogP contribution in [-0.2, 0) is 40.2 Å². The van der Waals surface area contributed by atoms with E-state index in [9.17, 15) is 19.8 Å². The van der Waals surface area contributed by atoms with Gasteiger partial charge in [-0.1, -0.05) is 68.1 Å². The van der Waals surface area contributed by atoms with E-state index in [1.54, 1.807) is 12.1 Å². The Morgan fingerprint density at radius 2 is 1.79 bits per heavy atom. The molecule has 2 aromatic heterocycles. The van der Waals surface area contributed by atoms with Gasteiger partial charge in [-0.3, -0.25) is 4.90 Å². The first-order chi connectivity index (χ1) is 27.8. The van der Waals surface area contributed by atoms with Crippen LogP contribution in [0.2, 0.25) is 5.15 Å². The van der Waals surface area contributed by atoms with Crippen LogP contribution in [0.1, 0.15) is 87.4 Å². The van der Waals surface area contributed by atoms with Gasteiger partial charge in [0, 0.05) is 50.7 Å². The van der Waals surface area contributed by atoms with Gasteiger partial charge in [0.25, 0.3) is 0 Å². The Kier molecular flexibility index (Phi) is 15.4. The number of unbranched alkanes of at least 4 members (excludes halogenated alkanes) is 2. The van der Waals surface area contributed by atoms with E-state index in [2.05, 4.69) is 48.1 Å². The number of amides is 2. The summed E-state index contributed by atoms with van der Waals surface area (Å²) in [5, 5.41) is 39.8. The highest BCUT2D eigenvalue weighted by Crippen LogP contribution is 2.30. The molecule has 57 heavy (non-hydrogen) atoms. The molecule has 1 saturated carbocycles. The number of aromatic amines is 1. The van der Waals surface area contributed by atoms with Gasteiger partial charge in [0.15, 0.2) is 16.7 Å². The first-order valence-corrected chi connectivity index (χ1v) is 20.4. The maximum absolute atomic E-state index is 12.7. The van der Waals surface area contributed by atoms with Crippen molar-refractivity contribution in [2.75, 3.05) is 32.8 Å². The van der Waals surface area contributed by atoms with E-state index in [4.69, 9.17) is 25.8 Å². The lowest BCUT2D eigenvalue weighted by Gasteiger charge is -2.37. The molecule has 3 heterocycles. The lowest BCUT2D eigenvalue weighted by atomic mass is 9.91. The van der Waals surface area contributed by atoms with Gasteiger partial charge in [0.05, 0.1) is 18.4 Å². The van der Waals surface area contributed by atoms with Gasteiger partial charge >= 0.3 is 12.2 Å². The van der Waals surface area contributed by atoms with Crippen LogP contribution in [-0.4, -0.2) is 109 Å². The molecule has 2 amide bonds. The fraction of sp³-hybridized carbons (Fsp3) is 0.550. The molecule has 308 valence electrons. The van der Waals surface area contributed by atoms with Gasteiger partial charge in [-0.15, -0.1) is 10.2 Å². The molecule has 3 atom stereocenters. The van der Waals surface area contributed by atoms with E-state index in [0.717, 1.165) is 80.4 Å². The molecule has 17 heteroatoms. The highest BCUT2D eigenvalue weighted by Gasteiger charge is 2.36. The van der Waals surface area contributed by atoms with E-state index in [-0.39, 0.29) is 36.4 Å². The van der Waals surface area contributed by atoms with E-state index < -0.39 is 12.2 Å². The number of aryl methyl sites for hydroxylation is 1. The number of carbonyl (C=O) groups excluding carboxylic acids is 2. The number of aromatic nitrogens is 6. The van der Waals surface area contributed by atoms with Crippen molar-refractivity contribution in [1.29, 1.82) is 0 Å². The number of nitrogens with one attached hydrogen (secondary N) is 3. The molecular formula is C40H54ClN9O7. The zero-order valence-corrected chi connectivity index (χ0v) is 33.3. The Hall–Kier alpha value is -4.93. The molecular weight excluding hydrogens is 754 g/mol. The summed E-state index contributed by atoms with van der Waals surface area (Å²) >= 11 is 6.60. The van der Waals surface area contributed by atoms with Crippen LogP contribution in [0.15, 0.2) is 42.5 Å². The normalized spacial score (nSPS) is 18.4. The molecule has 1 aliphatic heterocycles. The van der Waals surface area contributed by atoms with Crippen LogP contribution in [0.4, 0.5) is 9.59 Å². The van der Waals surface area contributed by atoms with Gasteiger partial charge in [-0.25, -0.2) is 14.6 Å². The molecule has 0 spiro atoms. The van der Waals surface area contributed by atoms with Gasteiger partial charge < -0.3 is 39.6 Å². The van der Waals surface area contributed by atoms with Crippen molar-refractivity contribution in [2.45, 2.75) is 109 Å². The van der Waals surface area contributed by atoms with E-state index >= 15 is 0 Å². The number of tetrazole rings is 1. The zero-order chi connectivity index (χ0) is 40.0. The SMILES string of the molecule is CCCCc1nc(Cl)c(COC(=O)NCCCCNC(=O)O[C@@H]2CCN([C@@H]3CCCC[C@H]3OCCc3ccc(O)c(O)c3)C2)n1Cc1ccccc1-c1nn[nH]n1. The number of nitrogens with zero attached hydrogens (tertiary/aromatic N) is 6. The van der Waals surface area contributed by atoms with Crippen molar-refractivity contribution in [3.8, 4) is 22.9 Å². The van der Waals surface area contributed by atoms with Crippen molar-refractivity contribution < 1.29 is 34.0 Å². The Morgan fingerprint density at radius 3 is 2.58 bits per heavy atom. The van der Waals surface area contributed by atoms with Crippen LogP contribution in [0.3, 0.4) is 0 Å². The zero-order valence-electron chi connectivity index (χ0n) is 32.5. The molecule has 2 aromatic carbocycles. The van der Waals surface area contributed by atoms with Gasteiger partial charge in [0.2, 0.25) is 5.82 Å². The minimum absolute atomic E-state index is 0.0538. The lowest BCUT2D eigenvalue weighted by Crippen LogP contribution is -2.46. The summed E-state index contributed by atoms with van der Waals surface area (Å²) in [5.41, 5.74) is 3.28. The summed E-state index contributed by atoms with van der Waals surface area (Å²) in [5.74, 6) is 1.04. The number of alkyl carbamates (subject to hydrolysis) is 2. The molecule has 1 aliphatic carbocycles. The Bertz CT molecular complexity index is 1890. The van der Waals surface area contributed by atoms with Crippen molar-refractivity contribution >= 4 is 23.8 Å². The van der Waals surface area contributed by atoms with Crippen LogP contribution >= 0.6 is 11.6 Å². The third-order valence-corrected chi connectivity index (χ3v) is 10.9. The highest BCUT2D eigenvalue weighted by atomic mass is 35.5. The molecule has 2 aliphatic rings. The summed E-state index contributed by atoms with van der Waals surface area (Å²) in [7, 11) is 0. The minimum Gasteiger partial charge on any atom is -0.504 e. The maximum Gasteiger partial charge on any atom is 0.407 e. The number of benzene rings is 2. The molecule has 4 aromatic rings. The van der Waals surface area contributed by atoms with Crippen LogP contribution in [0.5, 0.6) is 11.5 Å². The Balaban J connectivity index is 0.878. The number of carbonyl (C=O) groups is 2. The second kappa shape index (κ2) is 21.0. The maximum atomic E-state index is 12.7. The molecule has 5 N–H and O–H groups in total. The number of rotatable bonds is 19. The summed E-state index contributed by atoms with van der Waals surface area (Å²) in [6.45, 7) is 5.35. The number of imidazole rings is 1. The smallest absolute Gasteiger partial charge is 0.407 e. The fourth-order valence-corrected chi connectivity index (χ4v) is 7.83. The number of halogens is 1. The third kappa shape index (κ3) is 11.8. The quantitative estimate of drug-likeness (QED) is 0.0556. The van der Waals surface area contributed by atoms with E-state index in [0.29, 0.717) is 68.7 Å². The number of H-pyrrole nitrogens is 1. The Morgan fingerprint density at radius 1 is 0.982 bits per heavy atom. The van der Waals surface area contributed by atoms with E-state index in [1.807, 2.05) is 28.8 Å². The molecule has 1 saturated heterocycles. The van der Waals surface area contributed by atoms with Gasteiger partial charge in [-0.2, -0.15) is 5.21 Å². The van der Waals surface area contributed by atoms with Gasteiger partial charge in [-0.05, 0) is 73.4 Å². The predicted molar refractivity (Wildman–Crippen MR) is 212 cm³/mol. The molecule has 0 bridgehead atoms. The average molecular weight is 808 g/mol. The monoisotopic (exact) mass is 807 g/mol. The van der Waals surface area contributed by atoms with Crippen molar-refractivity contribution in [1.82, 2.24) is 45.7 Å². The summed E-state index contributed by atoms with van der Waals surface area (Å²) in [6, 6.07) is 12.9. The first-order valence-electron chi connectivity index (χ1n) is 20.1. The number of phenols is 2.